The number of Topliss-reactive ketones (excluding diaryl/α,β-unsaturated/α-hetero) is 1. The van der Waals surface area contributed by atoms with Gasteiger partial charge in [0, 0.05) is 30.6 Å². The van der Waals surface area contributed by atoms with Gasteiger partial charge in [0.05, 0.1) is 24.8 Å². The summed E-state index contributed by atoms with van der Waals surface area (Å²) in [6.07, 6.45) is 12.4. The van der Waals surface area contributed by atoms with Crippen LogP contribution in [-0.2, 0) is 6.54 Å². The highest BCUT2D eigenvalue weighted by Crippen LogP contribution is 2.33. The number of ether oxygens (including phenoxy) is 1. The number of aryl methyl sites for hydroxylation is 2. The molecule has 2 aromatic heterocycles. The van der Waals surface area contributed by atoms with Crippen LogP contribution in [0.15, 0.2) is 55.0 Å². The molecular formula is C30H33N5O2. The van der Waals surface area contributed by atoms with E-state index in [1.54, 1.807) is 13.4 Å². The number of carbonyl (C=O) groups excluding carboxylic acids is 1. The van der Waals surface area contributed by atoms with Crippen molar-refractivity contribution in [3.63, 3.8) is 0 Å². The Morgan fingerprint density at radius 2 is 2.00 bits per heavy atom. The molecular weight excluding hydrogens is 462 g/mol. The van der Waals surface area contributed by atoms with E-state index in [2.05, 4.69) is 24.0 Å². The fraction of sp³-hybridized carbons (Fsp3) is 0.333. The molecule has 2 aromatic carbocycles. The van der Waals surface area contributed by atoms with Crippen molar-refractivity contribution in [3.05, 3.63) is 89.0 Å². The van der Waals surface area contributed by atoms with E-state index >= 15 is 0 Å². The van der Waals surface area contributed by atoms with Gasteiger partial charge in [0.25, 0.3) is 0 Å². The number of hydrogen-bond acceptors (Lipinski definition) is 5. The maximum Gasteiger partial charge on any atom is 0.174 e. The van der Waals surface area contributed by atoms with Crippen LogP contribution in [0.4, 0.5) is 0 Å². The monoisotopic (exact) mass is 495 g/mol. The zero-order chi connectivity index (χ0) is 25.8. The highest BCUT2D eigenvalue weighted by atomic mass is 16.5. The van der Waals surface area contributed by atoms with Crippen molar-refractivity contribution in [2.75, 3.05) is 7.11 Å². The number of methoxy groups -OCH3 is 1. The molecule has 0 N–H and O–H groups in total. The van der Waals surface area contributed by atoms with Gasteiger partial charge in [-0.2, -0.15) is 5.10 Å². The third-order valence-corrected chi connectivity index (χ3v) is 6.90. The Bertz CT molecular complexity index is 1410. The van der Waals surface area contributed by atoms with E-state index in [0.29, 0.717) is 12.2 Å². The van der Waals surface area contributed by atoms with Crippen molar-refractivity contribution in [1.29, 1.82) is 0 Å². The summed E-state index contributed by atoms with van der Waals surface area (Å²) in [7, 11) is 1.68. The van der Waals surface area contributed by atoms with Crippen molar-refractivity contribution in [1.82, 2.24) is 24.3 Å². The van der Waals surface area contributed by atoms with Crippen molar-refractivity contribution < 1.29 is 9.53 Å². The van der Waals surface area contributed by atoms with Gasteiger partial charge in [-0.1, -0.05) is 49.8 Å². The third-order valence-electron chi connectivity index (χ3n) is 6.90. The molecule has 7 heteroatoms. The molecule has 1 unspecified atom stereocenters. The first-order valence-electron chi connectivity index (χ1n) is 13.0. The number of benzene rings is 2. The van der Waals surface area contributed by atoms with Gasteiger partial charge >= 0.3 is 0 Å². The number of unbranched alkanes of at least 4 members (excludes halogenated alkanes) is 1. The highest BCUT2D eigenvalue weighted by Gasteiger charge is 2.25. The third kappa shape index (κ3) is 5.40. The Labute approximate surface area is 217 Å². The molecule has 5 rings (SSSR count). The van der Waals surface area contributed by atoms with E-state index in [1.807, 2.05) is 64.9 Å². The number of ketones is 1. The predicted octanol–water partition coefficient (Wildman–Crippen LogP) is 6.25. The summed E-state index contributed by atoms with van der Waals surface area (Å²) in [5.41, 5.74) is 4.88. The molecule has 0 radical (unpaired) electrons. The molecule has 0 amide bonds. The minimum absolute atomic E-state index is 0.182. The lowest BCUT2D eigenvalue weighted by molar-refractivity contribution is 0.0979. The maximum absolute atomic E-state index is 12.4. The Morgan fingerprint density at radius 3 is 2.73 bits per heavy atom. The van der Waals surface area contributed by atoms with E-state index in [-0.39, 0.29) is 11.7 Å². The van der Waals surface area contributed by atoms with Gasteiger partial charge in [0.2, 0.25) is 0 Å². The van der Waals surface area contributed by atoms with Gasteiger partial charge < -0.3 is 9.30 Å². The van der Waals surface area contributed by atoms with Crippen LogP contribution in [0, 0.1) is 6.92 Å². The maximum atomic E-state index is 12.4. The lowest BCUT2D eigenvalue weighted by atomic mass is 9.90. The lowest BCUT2D eigenvalue weighted by Crippen LogP contribution is -2.18. The Morgan fingerprint density at radius 1 is 1.16 bits per heavy atom. The molecule has 0 fully saturated rings. The first kappa shape index (κ1) is 24.7. The number of fused-ring (bicyclic) bond motifs is 1. The first-order chi connectivity index (χ1) is 18.1. The van der Waals surface area contributed by atoms with Crippen LogP contribution in [0.1, 0.15) is 83.8 Å². The SMILES string of the molecule is CCCCC(=O)c1ccc(C2CCCn3nc(/C=C/c4ccc(-n5cnc(C)c5)c(OC)c4)nc32)cc1. The van der Waals surface area contributed by atoms with Gasteiger partial charge in [-0.15, -0.1) is 0 Å². The molecule has 0 bridgehead atoms. The molecule has 1 aliphatic rings. The minimum Gasteiger partial charge on any atom is -0.495 e. The standard InChI is InChI=1S/C30H33N5O2/c1-4-5-8-27(36)24-13-11-23(12-14-24)25-7-6-17-35-30(25)32-29(33-35)16-10-22-9-15-26(28(18-22)37-3)34-19-21(2)31-20-34/h9-16,18-20,25H,4-8,17H2,1-3H3/b16-10+. The van der Waals surface area contributed by atoms with Gasteiger partial charge in [-0.3, -0.25) is 4.79 Å². The van der Waals surface area contributed by atoms with Crippen LogP contribution in [-0.4, -0.2) is 37.2 Å². The van der Waals surface area contributed by atoms with E-state index in [0.717, 1.165) is 66.3 Å². The molecule has 190 valence electrons. The van der Waals surface area contributed by atoms with E-state index in [4.69, 9.17) is 14.8 Å². The molecule has 1 aliphatic heterocycles. The summed E-state index contributed by atoms with van der Waals surface area (Å²) in [6.45, 7) is 4.94. The summed E-state index contributed by atoms with van der Waals surface area (Å²) < 4.78 is 9.62. The Hall–Kier alpha value is -4.00. The van der Waals surface area contributed by atoms with Gasteiger partial charge in [0.1, 0.15) is 11.6 Å². The van der Waals surface area contributed by atoms with Crippen LogP contribution in [0.2, 0.25) is 0 Å². The highest BCUT2D eigenvalue weighted by molar-refractivity contribution is 5.96. The molecule has 1 atom stereocenters. The van der Waals surface area contributed by atoms with Crippen LogP contribution in [0.3, 0.4) is 0 Å². The summed E-state index contributed by atoms with van der Waals surface area (Å²) in [5.74, 6) is 2.85. The van der Waals surface area contributed by atoms with E-state index in [1.165, 1.54) is 5.56 Å². The van der Waals surface area contributed by atoms with E-state index in [9.17, 15) is 4.79 Å². The lowest BCUT2D eigenvalue weighted by Gasteiger charge is -2.22. The Kier molecular flexibility index (Phi) is 7.30. The first-order valence-corrected chi connectivity index (χ1v) is 13.0. The number of imidazole rings is 1. The zero-order valence-electron chi connectivity index (χ0n) is 21.7. The summed E-state index contributed by atoms with van der Waals surface area (Å²) in [4.78, 5) is 21.6. The average molecular weight is 496 g/mol. The second-order valence-electron chi connectivity index (χ2n) is 9.58. The number of nitrogens with zero attached hydrogens (tertiary/aromatic N) is 5. The average Bonchev–Trinajstić information content (AvgIpc) is 3.56. The molecule has 0 spiro atoms. The molecule has 0 saturated carbocycles. The van der Waals surface area contributed by atoms with Gasteiger partial charge in [0.15, 0.2) is 11.6 Å². The topological polar surface area (TPSA) is 74.8 Å². The fourth-order valence-electron chi connectivity index (χ4n) is 4.87. The van der Waals surface area contributed by atoms with Crippen molar-refractivity contribution >= 4 is 17.9 Å². The molecule has 0 aliphatic carbocycles. The Balaban J connectivity index is 1.34. The number of carbonyl (C=O) groups is 1. The summed E-state index contributed by atoms with van der Waals surface area (Å²) in [6, 6.07) is 14.2. The van der Waals surface area contributed by atoms with Gasteiger partial charge in [-0.05, 0) is 55.5 Å². The van der Waals surface area contributed by atoms with Gasteiger partial charge in [-0.25, -0.2) is 14.6 Å². The van der Waals surface area contributed by atoms with Crippen molar-refractivity contribution in [2.45, 2.75) is 58.4 Å². The summed E-state index contributed by atoms with van der Waals surface area (Å²) >= 11 is 0. The molecule has 4 aromatic rings. The van der Waals surface area contributed by atoms with Crippen molar-refractivity contribution in [2.24, 2.45) is 0 Å². The number of hydrogen-bond donors (Lipinski definition) is 0. The summed E-state index contributed by atoms with van der Waals surface area (Å²) in [5, 5.41) is 4.75. The molecule has 37 heavy (non-hydrogen) atoms. The molecule has 3 heterocycles. The quantitative estimate of drug-likeness (QED) is 0.257. The number of rotatable bonds is 9. The number of aromatic nitrogens is 5. The predicted molar refractivity (Wildman–Crippen MR) is 145 cm³/mol. The molecule has 0 saturated heterocycles. The smallest absolute Gasteiger partial charge is 0.174 e. The second-order valence-corrected chi connectivity index (χ2v) is 9.58. The fourth-order valence-corrected chi connectivity index (χ4v) is 4.87. The van der Waals surface area contributed by atoms with Crippen LogP contribution in [0.25, 0.3) is 17.8 Å². The minimum atomic E-state index is 0.182. The van der Waals surface area contributed by atoms with Crippen LogP contribution in [0.5, 0.6) is 5.75 Å². The zero-order valence-corrected chi connectivity index (χ0v) is 21.7. The van der Waals surface area contributed by atoms with Crippen LogP contribution >= 0.6 is 0 Å². The normalized spacial score (nSPS) is 15.2. The largest absolute Gasteiger partial charge is 0.495 e. The second kappa shape index (κ2) is 10.9. The molecule has 7 nitrogen and oxygen atoms in total. The van der Waals surface area contributed by atoms with Crippen molar-refractivity contribution in [3.8, 4) is 11.4 Å². The van der Waals surface area contributed by atoms with Crippen LogP contribution < -0.4 is 4.74 Å². The van der Waals surface area contributed by atoms with E-state index < -0.39 is 0 Å².